The summed E-state index contributed by atoms with van der Waals surface area (Å²) in [5.74, 6) is 0. The van der Waals surface area contributed by atoms with Crippen molar-refractivity contribution in [2.75, 3.05) is 19.4 Å². The van der Waals surface area contributed by atoms with Crippen LogP contribution in [0.3, 0.4) is 0 Å². The highest BCUT2D eigenvalue weighted by Crippen LogP contribution is 2.41. The van der Waals surface area contributed by atoms with Crippen LogP contribution in [0.2, 0.25) is 24.7 Å². The molecule has 0 aliphatic heterocycles. The SMILES string of the molecule is CCO[Si](C)(CN(C1CCCCC1)[Si](C)(C)C(C)(C)C)OCC. The smallest absolute Gasteiger partial charge is 0.348 e. The molecule has 0 saturated heterocycles. The lowest BCUT2D eigenvalue weighted by molar-refractivity contribution is 0.163. The molecule has 1 aliphatic carbocycles. The first-order valence-corrected chi connectivity index (χ1v) is 15.1. The molecule has 0 N–H and O–H groups in total. The summed E-state index contributed by atoms with van der Waals surface area (Å²) in [7, 11) is -3.71. The van der Waals surface area contributed by atoms with Crippen LogP contribution in [0.15, 0.2) is 0 Å². The molecule has 3 nitrogen and oxygen atoms in total. The van der Waals surface area contributed by atoms with Gasteiger partial charge in [0.1, 0.15) is 8.24 Å². The Morgan fingerprint density at radius 2 is 1.39 bits per heavy atom. The minimum atomic E-state index is -2.12. The van der Waals surface area contributed by atoms with Crippen LogP contribution in [-0.4, -0.2) is 46.8 Å². The van der Waals surface area contributed by atoms with Crippen LogP contribution in [0, 0.1) is 0 Å². The zero-order valence-corrected chi connectivity index (χ0v) is 19.0. The van der Waals surface area contributed by atoms with Crippen LogP contribution in [-0.2, 0) is 8.85 Å². The molecule has 5 heteroatoms. The minimum Gasteiger partial charge on any atom is -0.394 e. The molecule has 0 aromatic heterocycles. The molecule has 1 aliphatic rings. The third-order valence-corrected chi connectivity index (χ3v) is 14.6. The van der Waals surface area contributed by atoms with E-state index in [4.69, 9.17) is 8.85 Å². The van der Waals surface area contributed by atoms with Gasteiger partial charge in [0.25, 0.3) is 0 Å². The number of hydrogen-bond acceptors (Lipinski definition) is 3. The molecule has 0 unspecified atom stereocenters. The summed E-state index contributed by atoms with van der Waals surface area (Å²) < 4.78 is 15.3. The molecule has 0 atom stereocenters. The zero-order valence-electron chi connectivity index (χ0n) is 17.0. The fourth-order valence-corrected chi connectivity index (χ4v) is 10.5. The highest BCUT2D eigenvalue weighted by molar-refractivity contribution is 6.79. The van der Waals surface area contributed by atoms with Gasteiger partial charge in [-0.2, -0.15) is 0 Å². The molecule has 0 aromatic rings. The summed E-state index contributed by atoms with van der Waals surface area (Å²) >= 11 is 0. The Morgan fingerprint density at radius 1 is 0.913 bits per heavy atom. The standard InChI is InChI=1S/C18H41NO2Si2/c1-9-20-23(8,21-10-2)16-19(17-14-12-11-13-15-17)22(6,7)18(3,4)5/h17H,9-16H2,1-8H3. The lowest BCUT2D eigenvalue weighted by atomic mass is 9.96. The molecule has 0 amide bonds. The largest absolute Gasteiger partial charge is 0.394 e. The maximum absolute atomic E-state index is 6.20. The van der Waals surface area contributed by atoms with E-state index >= 15 is 0 Å². The number of rotatable bonds is 8. The molecule has 23 heavy (non-hydrogen) atoms. The van der Waals surface area contributed by atoms with Crippen molar-refractivity contribution in [2.24, 2.45) is 0 Å². The molecule has 1 rings (SSSR count). The molecular weight excluding hydrogens is 318 g/mol. The van der Waals surface area contributed by atoms with Crippen molar-refractivity contribution >= 4 is 16.8 Å². The minimum absolute atomic E-state index is 0.359. The Labute approximate surface area is 147 Å². The van der Waals surface area contributed by atoms with E-state index in [0.717, 1.165) is 25.4 Å². The first kappa shape index (κ1) is 21.4. The average molecular weight is 360 g/mol. The molecule has 1 fully saturated rings. The van der Waals surface area contributed by atoms with E-state index in [-0.39, 0.29) is 0 Å². The van der Waals surface area contributed by atoms with Gasteiger partial charge >= 0.3 is 8.56 Å². The van der Waals surface area contributed by atoms with Crippen molar-refractivity contribution in [1.82, 2.24) is 4.57 Å². The van der Waals surface area contributed by atoms with Gasteiger partial charge in [0.15, 0.2) is 0 Å². The van der Waals surface area contributed by atoms with E-state index in [1.54, 1.807) is 0 Å². The highest BCUT2D eigenvalue weighted by atomic mass is 28.4. The second kappa shape index (κ2) is 8.61. The van der Waals surface area contributed by atoms with Crippen LogP contribution in [0.4, 0.5) is 0 Å². The monoisotopic (exact) mass is 359 g/mol. The maximum Gasteiger partial charge on any atom is 0.348 e. The molecular formula is C18H41NO2Si2. The summed E-state index contributed by atoms with van der Waals surface area (Å²) in [5.41, 5.74) is 0. The van der Waals surface area contributed by atoms with Gasteiger partial charge in [-0.05, 0) is 38.3 Å². The van der Waals surface area contributed by atoms with Gasteiger partial charge in [0.05, 0.1) is 0 Å². The van der Waals surface area contributed by atoms with Gasteiger partial charge in [-0.25, -0.2) is 0 Å². The van der Waals surface area contributed by atoms with Gasteiger partial charge < -0.3 is 13.4 Å². The van der Waals surface area contributed by atoms with E-state index < -0.39 is 16.8 Å². The topological polar surface area (TPSA) is 21.7 Å². The molecule has 138 valence electrons. The summed E-state index contributed by atoms with van der Waals surface area (Å²) in [6, 6.07) is 0.734. The van der Waals surface area contributed by atoms with E-state index in [1.807, 2.05) is 0 Å². The van der Waals surface area contributed by atoms with E-state index in [1.165, 1.54) is 32.1 Å². The van der Waals surface area contributed by atoms with Gasteiger partial charge in [-0.3, -0.25) is 0 Å². The summed E-state index contributed by atoms with van der Waals surface area (Å²) in [5, 5.41) is 0.359. The van der Waals surface area contributed by atoms with Crippen molar-refractivity contribution in [3.63, 3.8) is 0 Å². The predicted octanol–water partition coefficient (Wildman–Crippen LogP) is 5.31. The number of hydrogen-bond donors (Lipinski definition) is 0. The third-order valence-electron chi connectivity index (χ3n) is 5.93. The quantitative estimate of drug-likeness (QED) is 0.548. The summed E-state index contributed by atoms with van der Waals surface area (Å²) in [6.45, 7) is 20.4. The van der Waals surface area contributed by atoms with Gasteiger partial charge in [0.2, 0.25) is 0 Å². The normalized spacial score (nSPS) is 18.7. The molecule has 0 spiro atoms. The Kier molecular flexibility index (Phi) is 7.99. The van der Waals surface area contributed by atoms with Crippen LogP contribution in [0.25, 0.3) is 0 Å². The van der Waals surface area contributed by atoms with Gasteiger partial charge in [-0.1, -0.05) is 53.1 Å². The van der Waals surface area contributed by atoms with Gasteiger partial charge in [0, 0.05) is 25.4 Å². The summed E-state index contributed by atoms with van der Waals surface area (Å²) in [6.07, 6.45) is 7.93. The van der Waals surface area contributed by atoms with E-state index in [0.29, 0.717) is 5.04 Å². The maximum atomic E-state index is 6.20. The summed E-state index contributed by atoms with van der Waals surface area (Å²) in [4.78, 5) is 0. The molecule has 1 saturated carbocycles. The van der Waals surface area contributed by atoms with Crippen molar-refractivity contribution < 1.29 is 8.85 Å². The lowest BCUT2D eigenvalue weighted by Gasteiger charge is -2.52. The molecule has 0 radical (unpaired) electrons. The van der Waals surface area contributed by atoms with Crippen molar-refractivity contribution in [2.45, 2.75) is 97.4 Å². The lowest BCUT2D eigenvalue weighted by Crippen LogP contribution is -2.65. The molecule has 0 aromatic carbocycles. The molecule has 0 bridgehead atoms. The van der Waals surface area contributed by atoms with Crippen LogP contribution >= 0.6 is 0 Å². The second-order valence-electron chi connectivity index (χ2n) is 8.73. The highest BCUT2D eigenvalue weighted by Gasteiger charge is 2.48. The van der Waals surface area contributed by atoms with Crippen LogP contribution in [0.5, 0.6) is 0 Å². The number of nitrogens with zero attached hydrogens (tertiary/aromatic N) is 1. The Hall–Kier alpha value is 0.314. The van der Waals surface area contributed by atoms with Gasteiger partial charge in [-0.15, -0.1) is 0 Å². The third kappa shape index (κ3) is 5.67. The second-order valence-corrected chi connectivity index (χ2v) is 17.1. The first-order valence-electron chi connectivity index (χ1n) is 9.62. The Bertz CT molecular complexity index is 343. The fourth-order valence-electron chi connectivity index (χ4n) is 3.66. The van der Waals surface area contributed by atoms with E-state index in [2.05, 4.69) is 58.8 Å². The van der Waals surface area contributed by atoms with E-state index in [9.17, 15) is 0 Å². The van der Waals surface area contributed by atoms with Crippen LogP contribution < -0.4 is 0 Å². The first-order chi connectivity index (χ1) is 10.6. The predicted molar refractivity (Wildman–Crippen MR) is 106 cm³/mol. The van der Waals surface area contributed by atoms with Crippen molar-refractivity contribution in [3.05, 3.63) is 0 Å². The fraction of sp³-hybridized carbons (Fsp3) is 1.00. The zero-order chi connectivity index (χ0) is 17.7. The van der Waals surface area contributed by atoms with Crippen molar-refractivity contribution in [1.29, 1.82) is 0 Å². The Balaban J connectivity index is 3.07. The van der Waals surface area contributed by atoms with Crippen molar-refractivity contribution in [3.8, 4) is 0 Å². The van der Waals surface area contributed by atoms with Crippen LogP contribution in [0.1, 0.15) is 66.7 Å². The average Bonchev–Trinajstić information content (AvgIpc) is 2.45. The Morgan fingerprint density at radius 3 is 1.78 bits per heavy atom. The molecule has 0 heterocycles.